The van der Waals surface area contributed by atoms with E-state index in [1.165, 1.54) is 25.7 Å². The van der Waals surface area contributed by atoms with E-state index in [-0.39, 0.29) is 6.42 Å². The van der Waals surface area contributed by atoms with Crippen LogP contribution in [0.1, 0.15) is 56.7 Å². The molecular formula is C26H37N7O3. The Labute approximate surface area is 212 Å². The van der Waals surface area contributed by atoms with E-state index in [0.717, 1.165) is 41.2 Å². The molecule has 0 spiro atoms. The van der Waals surface area contributed by atoms with Gasteiger partial charge >= 0.3 is 5.97 Å². The molecule has 0 unspecified atom stereocenters. The van der Waals surface area contributed by atoms with E-state index >= 15 is 0 Å². The molecule has 3 heterocycles. The standard InChI is InChI=1S/C26H37N7O3/c1-5-33(16-19-9-6-7-10-19)24-20(13-22-18(2)30-32(4)25(22)29-24)17-31(3)26-27-14-21(15-28-26)36-12-8-11-23(34)35/h13-15,19H,5-12,16-17H2,1-4H3,(H,34,35). The van der Waals surface area contributed by atoms with E-state index in [1.807, 2.05) is 30.6 Å². The lowest BCUT2D eigenvalue weighted by Crippen LogP contribution is -2.31. The van der Waals surface area contributed by atoms with Gasteiger partial charge in [-0.3, -0.25) is 9.48 Å². The first-order chi connectivity index (χ1) is 17.4. The molecule has 1 aliphatic rings. The van der Waals surface area contributed by atoms with Crippen LogP contribution < -0.4 is 14.5 Å². The van der Waals surface area contributed by atoms with Crippen molar-refractivity contribution in [2.24, 2.45) is 13.0 Å². The highest BCUT2D eigenvalue weighted by molar-refractivity contribution is 5.81. The van der Waals surface area contributed by atoms with Crippen molar-refractivity contribution in [1.82, 2.24) is 24.7 Å². The highest BCUT2D eigenvalue weighted by Gasteiger charge is 2.23. The molecule has 1 N–H and O–H groups in total. The van der Waals surface area contributed by atoms with Gasteiger partial charge < -0.3 is 19.6 Å². The molecule has 10 nitrogen and oxygen atoms in total. The monoisotopic (exact) mass is 495 g/mol. The first kappa shape index (κ1) is 25.7. The summed E-state index contributed by atoms with van der Waals surface area (Å²) < 4.78 is 7.43. The average Bonchev–Trinajstić information content (AvgIpc) is 3.47. The summed E-state index contributed by atoms with van der Waals surface area (Å²) in [4.78, 5) is 29.1. The number of pyridine rings is 1. The predicted octanol–water partition coefficient (Wildman–Crippen LogP) is 3.96. The largest absolute Gasteiger partial charge is 0.490 e. The summed E-state index contributed by atoms with van der Waals surface area (Å²) in [5.74, 6) is 2.00. The van der Waals surface area contributed by atoms with Crippen LogP contribution in [0, 0.1) is 12.8 Å². The average molecular weight is 496 g/mol. The molecule has 10 heteroatoms. The summed E-state index contributed by atoms with van der Waals surface area (Å²) in [6, 6.07) is 2.22. The van der Waals surface area contributed by atoms with E-state index in [4.69, 9.17) is 14.8 Å². The van der Waals surface area contributed by atoms with Gasteiger partial charge in [0.25, 0.3) is 0 Å². The quantitative estimate of drug-likeness (QED) is 0.373. The van der Waals surface area contributed by atoms with E-state index < -0.39 is 5.97 Å². The smallest absolute Gasteiger partial charge is 0.303 e. The number of hydrogen-bond donors (Lipinski definition) is 1. The number of ether oxygens (including phenoxy) is 1. The van der Waals surface area contributed by atoms with E-state index in [0.29, 0.717) is 37.2 Å². The van der Waals surface area contributed by atoms with Gasteiger partial charge in [0.1, 0.15) is 5.82 Å². The Morgan fingerprint density at radius 3 is 2.64 bits per heavy atom. The minimum atomic E-state index is -0.828. The summed E-state index contributed by atoms with van der Waals surface area (Å²) in [6.45, 7) is 7.05. The second kappa shape index (κ2) is 11.5. The van der Waals surface area contributed by atoms with Crippen molar-refractivity contribution < 1.29 is 14.6 Å². The number of hydrogen-bond acceptors (Lipinski definition) is 8. The zero-order valence-corrected chi connectivity index (χ0v) is 21.8. The Kier molecular flexibility index (Phi) is 8.22. The van der Waals surface area contributed by atoms with Crippen LogP contribution in [0.2, 0.25) is 0 Å². The van der Waals surface area contributed by atoms with Gasteiger partial charge in [0, 0.05) is 51.1 Å². The number of carboxylic acid groups (broad SMARTS) is 1. The molecule has 0 bridgehead atoms. The SMILES string of the molecule is CCN(CC1CCCC1)c1nc2c(cc1CN(C)c1ncc(OCCCC(=O)O)cn1)c(C)nn2C. The Bertz CT molecular complexity index is 1170. The summed E-state index contributed by atoms with van der Waals surface area (Å²) in [6.07, 6.45) is 9.00. The summed E-state index contributed by atoms with van der Waals surface area (Å²) in [5, 5.41) is 14.4. The number of fused-ring (bicyclic) bond motifs is 1. The van der Waals surface area contributed by atoms with Crippen LogP contribution >= 0.6 is 0 Å². The van der Waals surface area contributed by atoms with Crippen LogP contribution in [0.4, 0.5) is 11.8 Å². The Morgan fingerprint density at radius 2 is 1.97 bits per heavy atom. The summed E-state index contributed by atoms with van der Waals surface area (Å²) in [7, 11) is 3.92. The summed E-state index contributed by atoms with van der Waals surface area (Å²) in [5.41, 5.74) is 2.99. The molecular weight excluding hydrogens is 458 g/mol. The van der Waals surface area contributed by atoms with Gasteiger partial charge in [0.15, 0.2) is 11.4 Å². The maximum absolute atomic E-state index is 10.6. The highest BCUT2D eigenvalue weighted by Crippen LogP contribution is 2.31. The van der Waals surface area contributed by atoms with Gasteiger partial charge in [0.05, 0.1) is 24.7 Å². The van der Waals surface area contributed by atoms with E-state index in [2.05, 4.69) is 33.0 Å². The van der Waals surface area contributed by atoms with Crippen LogP contribution in [-0.4, -0.2) is 62.6 Å². The Balaban J connectivity index is 1.54. The molecule has 0 aliphatic heterocycles. The fourth-order valence-corrected chi connectivity index (χ4v) is 4.96. The normalized spacial score (nSPS) is 13.9. The number of aryl methyl sites for hydroxylation is 2. The van der Waals surface area contributed by atoms with Crippen molar-refractivity contribution >= 4 is 28.8 Å². The van der Waals surface area contributed by atoms with Gasteiger partial charge in [-0.15, -0.1) is 0 Å². The Hall–Kier alpha value is -3.43. The van der Waals surface area contributed by atoms with Crippen molar-refractivity contribution in [2.75, 3.05) is 36.5 Å². The summed E-state index contributed by atoms with van der Waals surface area (Å²) >= 11 is 0. The van der Waals surface area contributed by atoms with Crippen LogP contribution in [0.3, 0.4) is 0 Å². The lowest BCUT2D eigenvalue weighted by molar-refractivity contribution is -0.137. The zero-order chi connectivity index (χ0) is 25.7. The lowest BCUT2D eigenvalue weighted by atomic mass is 10.1. The second-order valence-corrected chi connectivity index (χ2v) is 9.66. The molecule has 0 saturated heterocycles. The van der Waals surface area contributed by atoms with Gasteiger partial charge in [-0.25, -0.2) is 15.0 Å². The molecule has 0 radical (unpaired) electrons. The number of carbonyl (C=O) groups is 1. The van der Waals surface area contributed by atoms with Crippen LogP contribution in [-0.2, 0) is 18.4 Å². The fraction of sp³-hybridized carbons (Fsp3) is 0.577. The Morgan fingerprint density at radius 1 is 1.25 bits per heavy atom. The lowest BCUT2D eigenvalue weighted by Gasteiger charge is -2.29. The third-order valence-electron chi connectivity index (χ3n) is 6.86. The number of nitrogens with zero attached hydrogens (tertiary/aromatic N) is 7. The molecule has 1 saturated carbocycles. The molecule has 0 atom stereocenters. The number of rotatable bonds is 12. The number of aliphatic carboxylic acids is 1. The van der Waals surface area contributed by atoms with Gasteiger partial charge in [-0.2, -0.15) is 5.10 Å². The van der Waals surface area contributed by atoms with E-state index in [9.17, 15) is 4.79 Å². The molecule has 1 fully saturated rings. The van der Waals surface area contributed by atoms with Crippen LogP contribution in [0.25, 0.3) is 11.0 Å². The molecule has 0 amide bonds. The minimum absolute atomic E-state index is 0.0777. The molecule has 4 rings (SSSR count). The van der Waals surface area contributed by atoms with Crippen molar-refractivity contribution in [3.8, 4) is 5.75 Å². The maximum Gasteiger partial charge on any atom is 0.303 e. The molecule has 1 aliphatic carbocycles. The topological polar surface area (TPSA) is 110 Å². The van der Waals surface area contributed by atoms with Gasteiger partial charge in [0.2, 0.25) is 5.95 Å². The molecule has 3 aromatic heterocycles. The number of aromatic nitrogens is 5. The number of anilines is 2. The fourth-order valence-electron chi connectivity index (χ4n) is 4.96. The molecule has 0 aromatic carbocycles. The van der Waals surface area contributed by atoms with E-state index in [1.54, 1.807) is 12.4 Å². The molecule has 3 aromatic rings. The second-order valence-electron chi connectivity index (χ2n) is 9.66. The number of carboxylic acids is 1. The predicted molar refractivity (Wildman–Crippen MR) is 140 cm³/mol. The van der Waals surface area contributed by atoms with Gasteiger partial charge in [-0.1, -0.05) is 12.8 Å². The first-order valence-electron chi connectivity index (χ1n) is 12.8. The molecule has 194 valence electrons. The third kappa shape index (κ3) is 6.03. The first-order valence-corrected chi connectivity index (χ1v) is 12.8. The molecule has 36 heavy (non-hydrogen) atoms. The zero-order valence-electron chi connectivity index (χ0n) is 21.8. The van der Waals surface area contributed by atoms with Crippen LogP contribution in [0.15, 0.2) is 18.5 Å². The van der Waals surface area contributed by atoms with Crippen molar-refractivity contribution in [3.05, 3.63) is 29.7 Å². The highest BCUT2D eigenvalue weighted by atomic mass is 16.5. The van der Waals surface area contributed by atoms with Crippen molar-refractivity contribution in [2.45, 2.75) is 58.9 Å². The van der Waals surface area contributed by atoms with Gasteiger partial charge in [-0.05, 0) is 45.1 Å². The third-order valence-corrected chi connectivity index (χ3v) is 6.86. The minimum Gasteiger partial charge on any atom is -0.490 e. The van der Waals surface area contributed by atoms with Crippen molar-refractivity contribution in [1.29, 1.82) is 0 Å². The van der Waals surface area contributed by atoms with Crippen LogP contribution in [0.5, 0.6) is 5.75 Å². The van der Waals surface area contributed by atoms with Crippen molar-refractivity contribution in [3.63, 3.8) is 0 Å². The maximum atomic E-state index is 10.6.